The molecule has 2 aliphatic heterocycles. The third-order valence-corrected chi connectivity index (χ3v) is 8.12. The number of halogens is 2. The van der Waals surface area contributed by atoms with Gasteiger partial charge in [-0.2, -0.15) is 0 Å². The maximum absolute atomic E-state index is 12.8. The zero-order valence-electron chi connectivity index (χ0n) is 22.4. The molecule has 3 aliphatic rings. The van der Waals surface area contributed by atoms with E-state index in [0.717, 1.165) is 74.1 Å². The van der Waals surface area contributed by atoms with E-state index in [9.17, 15) is 19.2 Å². The molecule has 8 heteroatoms. The fraction of sp³-hybridized carbons (Fsp3) is 0.484. The minimum atomic E-state index is -0.425. The molecule has 2 heterocycles. The van der Waals surface area contributed by atoms with Crippen LogP contribution in [0.3, 0.4) is 0 Å². The van der Waals surface area contributed by atoms with Crippen molar-refractivity contribution in [3.05, 3.63) is 58.7 Å². The van der Waals surface area contributed by atoms with Gasteiger partial charge in [0.2, 0.25) is 23.1 Å². The van der Waals surface area contributed by atoms with Crippen LogP contribution >= 0.6 is 24.8 Å². The van der Waals surface area contributed by atoms with Crippen molar-refractivity contribution in [3.63, 3.8) is 0 Å². The zero-order valence-corrected chi connectivity index (χ0v) is 24.0. The number of carbonyl (C=O) groups is 4. The molecule has 0 amide bonds. The van der Waals surface area contributed by atoms with Crippen LogP contribution in [0.15, 0.2) is 36.4 Å². The van der Waals surface area contributed by atoms with Gasteiger partial charge in [-0.05, 0) is 92.7 Å². The summed E-state index contributed by atoms with van der Waals surface area (Å²) < 4.78 is 0. The first-order valence-electron chi connectivity index (χ1n) is 13.9. The van der Waals surface area contributed by atoms with Crippen molar-refractivity contribution in [2.45, 2.75) is 57.8 Å². The first-order valence-corrected chi connectivity index (χ1v) is 13.9. The Hall–Kier alpha value is -2.38. The first kappa shape index (κ1) is 31.2. The number of likely N-dealkylation sites (tertiary alicyclic amines) is 2. The van der Waals surface area contributed by atoms with Crippen LogP contribution in [0.4, 0.5) is 0 Å². The number of rotatable bonds is 10. The summed E-state index contributed by atoms with van der Waals surface area (Å²) in [6.45, 7) is 5.32. The van der Waals surface area contributed by atoms with Gasteiger partial charge in [0.1, 0.15) is 0 Å². The standard InChI is InChI=1S/C31H36N2O4.2ClH/c34-28(11-17-32-13-3-1-4-14-32)30(36)22-7-9-26-24(19-22)21-25-20-23(8-10-27(25)26)31(37)29(35)12-18-33-15-5-2-6-16-33;;/h7-10,19-20H,1-6,11-18,21H2;2*1H. The predicted molar refractivity (Wildman–Crippen MR) is 158 cm³/mol. The Morgan fingerprint density at radius 2 is 0.949 bits per heavy atom. The molecule has 2 aromatic carbocycles. The normalized spacial score (nSPS) is 16.8. The van der Waals surface area contributed by atoms with Gasteiger partial charge in [0.25, 0.3) is 0 Å². The molecule has 2 saturated heterocycles. The maximum Gasteiger partial charge on any atom is 0.228 e. The van der Waals surface area contributed by atoms with Gasteiger partial charge in [-0.1, -0.05) is 37.1 Å². The maximum atomic E-state index is 12.8. The summed E-state index contributed by atoms with van der Waals surface area (Å²) >= 11 is 0. The molecule has 5 rings (SSSR count). The van der Waals surface area contributed by atoms with Gasteiger partial charge in [-0.3, -0.25) is 19.2 Å². The summed E-state index contributed by atoms with van der Waals surface area (Å²) in [6.07, 6.45) is 8.22. The van der Waals surface area contributed by atoms with Gasteiger partial charge < -0.3 is 9.80 Å². The third kappa shape index (κ3) is 7.43. The van der Waals surface area contributed by atoms with Crippen LogP contribution in [0.1, 0.15) is 83.2 Å². The second-order valence-electron chi connectivity index (χ2n) is 10.7. The zero-order chi connectivity index (χ0) is 25.8. The molecule has 0 unspecified atom stereocenters. The van der Waals surface area contributed by atoms with E-state index in [1.165, 1.54) is 12.8 Å². The minimum absolute atomic E-state index is 0. The Balaban J connectivity index is 0.00000210. The molecule has 6 nitrogen and oxygen atoms in total. The van der Waals surface area contributed by atoms with E-state index in [2.05, 4.69) is 9.80 Å². The van der Waals surface area contributed by atoms with Crippen molar-refractivity contribution in [2.24, 2.45) is 0 Å². The van der Waals surface area contributed by atoms with Crippen LogP contribution < -0.4 is 0 Å². The van der Waals surface area contributed by atoms with Crippen LogP contribution in [0.25, 0.3) is 11.1 Å². The highest BCUT2D eigenvalue weighted by molar-refractivity contribution is 6.44. The van der Waals surface area contributed by atoms with E-state index in [0.29, 0.717) is 30.6 Å². The Kier molecular flexibility index (Phi) is 11.4. The molecule has 0 bridgehead atoms. The second kappa shape index (κ2) is 14.3. The molecule has 1 aliphatic carbocycles. The Labute approximate surface area is 243 Å². The van der Waals surface area contributed by atoms with E-state index < -0.39 is 11.6 Å². The molecule has 39 heavy (non-hydrogen) atoms. The highest BCUT2D eigenvalue weighted by atomic mass is 35.5. The van der Waals surface area contributed by atoms with Gasteiger partial charge in [-0.15, -0.1) is 24.8 Å². The van der Waals surface area contributed by atoms with Crippen LogP contribution in [-0.4, -0.2) is 72.2 Å². The molecule has 0 spiro atoms. The summed E-state index contributed by atoms with van der Waals surface area (Å²) in [7, 11) is 0. The first-order chi connectivity index (χ1) is 18.0. The van der Waals surface area contributed by atoms with Crippen molar-refractivity contribution in [2.75, 3.05) is 39.3 Å². The Bertz CT molecular complexity index is 1120. The van der Waals surface area contributed by atoms with Gasteiger partial charge in [-0.25, -0.2) is 0 Å². The predicted octanol–water partition coefficient (Wildman–Crippen LogP) is 5.36. The van der Waals surface area contributed by atoms with Crippen molar-refractivity contribution < 1.29 is 19.2 Å². The molecule has 2 fully saturated rings. The lowest BCUT2D eigenvalue weighted by molar-refractivity contribution is -0.116. The summed E-state index contributed by atoms with van der Waals surface area (Å²) in [5.74, 6) is -1.52. The van der Waals surface area contributed by atoms with E-state index in [4.69, 9.17) is 0 Å². The lowest BCUT2D eigenvalue weighted by Crippen LogP contribution is -2.32. The number of hydrogen-bond acceptors (Lipinski definition) is 6. The van der Waals surface area contributed by atoms with Gasteiger partial charge in [0.05, 0.1) is 0 Å². The summed E-state index contributed by atoms with van der Waals surface area (Å²) in [5, 5.41) is 0. The second-order valence-corrected chi connectivity index (χ2v) is 10.7. The number of hydrogen-bond donors (Lipinski definition) is 0. The van der Waals surface area contributed by atoms with Crippen LogP contribution in [0.5, 0.6) is 0 Å². The lowest BCUT2D eigenvalue weighted by atomic mass is 9.98. The van der Waals surface area contributed by atoms with Crippen LogP contribution in [-0.2, 0) is 16.0 Å². The van der Waals surface area contributed by atoms with E-state index in [1.54, 1.807) is 12.1 Å². The average molecular weight is 574 g/mol. The fourth-order valence-corrected chi connectivity index (χ4v) is 5.93. The number of ketones is 4. The van der Waals surface area contributed by atoms with Gasteiger partial charge in [0.15, 0.2) is 0 Å². The van der Waals surface area contributed by atoms with Crippen molar-refractivity contribution >= 4 is 47.9 Å². The topological polar surface area (TPSA) is 74.8 Å². The molecule has 210 valence electrons. The average Bonchev–Trinajstić information content (AvgIpc) is 3.32. The van der Waals surface area contributed by atoms with Gasteiger partial charge in [0, 0.05) is 37.1 Å². The number of fused-ring (bicyclic) bond motifs is 3. The summed E-state index contributed by atoms with van der Waals surface area (Å²) in [6, 6.07) is 10.9. The molecular formula is C31H38Cl2N2O4. The third-order valence-electron chi connectivity index (χ3n) is 8.12. The van der Waals surface area contributed by atoms with Crippen LogP contribution in [0.2, 0.25) is 0 Å². The highest BCUT2D eigenvalue weighted by Gasteiger charge is 2.25. The molecule has 0 saturated carbocycles. The van der Waals surface area contributed by atoms with Crippen molar-refractivity contribution in [3.8, 4) is 11.1 Å². The lowest BCUT2D eigenvalue weighted by Gasteiger charge is -2.25. The number of Topliss-reactive ketones (excluding diaryl/α,β-unsaturated/α-hetero) is 4. The minimum Gasteiger partial charge on any atom is -0.303 e. The smallest absolute Gasteiger partial charge is 0.228 e. The van der Waals surface area contributed by atoms with E-state index >= 15 is 0 Å². The monoisotopic (exact) mass is 572 g/mol. The SMILES string of the molecule is Cl.Cl.O=C(CCN1CCCCC1)C(=O)c1ccc2c(c1)Cc1cc(C(=O)C(=O)CCN3CCCCC3)ccc1-2. The molecule has 0 N–H and O–H groups in total. The summed E-state index contributed by atoms with van der Waals surface area (Å²) in [5.41, 5.74) is 4.85. The Morgan fingerprint density at radius 1 is 0.564 bits per heavy atom. The number of piperidine rings is 2. The molecule has 0 aromatic heterocycles. The number of benzene rings is 2. The van der Waals surface area contributed by atoms with Gasteiger partial charge >= 0.3 is 0 Å². The molecule has 0 radical (unpaired) electrons. The van der Waals surface area contributed by atoms with Crippen molar-refractivity contribution in [1.29, 1.82) is 0 Å². The van der Waals surface area contributed by atoms with Crippen LogP contribution in [0, 0.1) is 0 Å². The largest absolute Gasteiger partial charge is 0.303 e. The quantitative estimate of drug-likeness (QED) is 0.240. The molecular weight excluding hydrogens is 535 g/mol. The molecule has 0 atom stereocenters. The number of nitrogens with zero attached hydrogens (tertiary/aromatic N) is 2. The van der Waals surface area contributed by atoms with E-state index in [1.807, 2.05) is 24.3 Å². The Morgan fingerprint density at radius 3 is 1.33 bits per heavy atom. The fourth-order valence-electron chi connectivity index (χ4n) is 5.93. The molecule has 2 aromatic rings. The summed E-state index contributed by atoms with van der Waals surface area (Å²) in [4.78, 5) is 55.4. The van der Waals surface area contributed by atoms with Crippen molar-refractivity contribution in [1.82, 2.24) is 9.80 Å². The number of carbonyl (C=O) groups excluding carboxylic acids is 4. The van der Waals surface area contributed by atoms with E-state index in [-0.39, 0.29) is 49.2 Å². The highest BCUT2D eigenvalue weighted by Crippen LogP contribution is 2.37.